The fraction of sp³-hybridized carbons (Fsp3) is 0.794. The summed E-state index contributed by atoms with van der Waals surface area (Å²) >= 11 is 0. The third-order valence-electron chi connectivity index (χ3n) is 13.0. The van der Waals surface area contributed by atoms with Crippen LogP contribution in [0.4, 0.5) is 0 Å². The zero-order valence-corrected chi connectivity index (χ0v) is 45.8. The molecule has 0 spiro atoms. The Labute approximate surface area is 428 Å². The van der Waals surface area contributed by atoms with E-state index >= 15 is 0 Å². The van der Waals surface area contributed by atoms with Gasteiger partial charge in [0.25, 0.3) is 0 Å². The van der Waals surface area contributed by atoms with Crippen LogP contribution < -0.4 is 0 Å². The summed E-state index contributed by atoms with van der Waals surface area (Å²) in [4.78, 5) is 38.2. The van der Waals surface area contributed by atoms with Crippen LogP contribution in [0, 0.1) is 0 Å². The van der Waals surface area contributed by atoms with E-state index in [1.165, 1.54) is 186 Å². The van der Waals surface area contributed by atoms with Crippen LogP contribution in [0.25, 0.3) is 0 Å². The fourth-order valence-electron chi connectivity index (χ4n) is 8.57. The first-order chi connectivity index (χ1) is 34.0. The molecule has 0 amide bonds. The summed E-state index contributed by atoms with van der Waals surface area (Å²) in [6.07, 6.45) is 72.1. The van der Waals surface area contributed by atoms with Crippen molar-refractivity contribution in [1.82, 2.24) is 0 Å². The Morgan fingerprint density at radius 2 is 0.609 bits per heavy atom. The Kier molecular flexibility index (Phi) is 55.3. The molecule has 0 radical (unpaired) electrons. The molecule has 0 aromatic carbocycles. The number of rotatable bonds is 54. The maximum atomic E-state index is 12.9. The second kappa shape index (κ2) is 57.7. The maximum Gasteiger partial charge on any atom is 0.306 e. The summed E-state index contributed by atoms with van der Waals surface area (Å²) in [5.74, 6) is -0.869. The second-order valence-corrected chi connectivity index (χ2v) is 19.9. The van der Waals surface area contributed by atoms with Crippen molar-refractivity contribution in [3.63, 3.8) is 0 Å². The maximum absolute atomic E-state index is 12.9. The smallest absolute Gasteiger partial charge is 0.306 e. The van der Waals surface area contributed by atoms with Crippen molar-refractivity contribution in [1.29, 1.82) is 0 Å². The molecule has 6 heteroatoms. The molecule has 0 saturated carbocycles. The van der Waals surface area contributed by atoms with Crippen LogP contribution in [0.15, 0.2) is 60.8 Å². The lowest BCUT2D eigenvalue weighted by Gasteiger charge is -2.18. The lowest BCUT2D eigenvalue weighted by Crippen LogP contribution is -2.30. The van der Waals surface area contributed by atoms with Crippen LogP contribution in [0.5, 0.6) is 0 Å². The highest BCUT2D eigenvalue weighted by molar-refractivity contribution is 5.71. The molecule has 0 bridgehead atoms. The van der Waals surface area contributed by atoms with Gasteiger partial charge in [-0.3, -0.25) is 14.4 Å². The lowest BCUT2D eigenvalue weighted by molar-refractivity contribution is -0.167. The van der Waals surface area contributed by atoms with Crippen LogP contribution in [0.2, 0.25) is 0 Å². The number of allylic oxidation sites excluding steroid dienone is 10. The van der Waals surface area contributed by atoms with Crippen LogP contribution in [0.3, 0.4) is 0 Å². The van der Waals surface area contributed by atoms with E-state index in [4.69, 9.17) is 14.2 Å². The topological polar surface area (TPSA) is 78.9 Å². The van der Waals surface area contributed by atoms with Gasteiger partial charge in [-0.15, -0.1) is 0 Å². The van der Waals surface area contributed by atoms with E-state index in [1.807, 2.05) is 0 Å². The van der Waals surface area contributed by atoms with Gasteiger partial charge in [-0.2, -0.15) is 0 Å². The molecular weight excluding hydrogens is 853 g/mol. The van der Waals surface area contributed by atoms with E-state index in [2.05, 4.69) is 81.5 Å². The van der Waals surface area contributed by atoms with E-state index in [0.29, 0.717) is 19.3 Å². The summed E-state index contributed by atoms with van der Waals surface area (Å²) < 4.78 is 16.9. The van der Waals surface area contributed by atoms with Gasteiger partial charge in [0.1, 0.15) is 13.2 Å². The predicted molar refractivity (Wildman–Crippen MR) is 298 cm³/mol. The summed E-state index contributed by atoms with van der Waals surface area (Å²) in [5, 5.41) is 0. The Morgan fingerprint density at radius 3 is 1.00 bits per heavy atom. The van der Waals surface area contributed by atoms with Crippen LogP contribution in [-0.2, 0) is 28.6 Å². The average molecular weight is 966 g/mol. The van der Waals surface area contributed by atoms with E-state index in [1.54, 1.807) is 0 Å². The van der Waals surface area contributed by atoms with Gasteiger partial charge in [-0.25, -0.2) is 0 Å². The first-order valence-corrected chi connectivity index (χ1v) is 29.8. The SMILES string of the molecule is CC/C=C\C/C=C\C/C=C\CCCCCCCCCCCC(=O)OCC(COC(=O)CCCCCCCCCCCCCCC)OC(=O)CCCCCCCCCCCC/C=C\C=C/CCCCC. The lowest BCUT2D eigenvalue weighted by atomic mass is 10.0. The molecule has 0 aliphatic carbocycles. The molecule has 0 aliphatic heterocycles. The fourth-order valence-corrected chi connectivity index (χ4v) is 8.57. The number of carbonyl (C=O) groups is 3. The van der Waals surface area contributed by atoms with E-state index in [0.717, 1.165) is 77.0 Å². The number of hydrogen-bond donors (Lipinski definition) is 0. The second-order valence-electron chi connectivity index (χ2n) is 19.9. The molecule has 0 aliphatic rings. The van der Waals surface area contributed by atoms with E-state index in [9.17, 15) is 14.4 Å². The molecule has 6 nitrogen and oxygen atoms in total. The third-order valence-corrected chi connectivity index (χ3v) is 13.0. The summed E-state index contributed by atoms with van der Waals surface area (Å²) in [6.45, 7) is 6.53. The first-order valence-electron chi connectivity index (χ1n) is 29.8. The number of unbranched alkanes of at least 4 members (excludes halogenated alkanes) is 34. The van der Waals surface area contributed by atoms with Gasteiger partial charge >= 0.3 is 17.9 Å². The van der Waals surface area contributed by atoms with Gasteiger partial charge in [-0.05, 0) is 77.0 Å². The molecule has 0 N–H and O–H groups in total. The van der Waals surface area contributed by atoms with Crippen molar-refractivity contribution >= 4 is 17.9 Å². The largest absolute Gasteiger partial charge is 0.462 e. The van der Waals surface area contributed by atoms with Crippen molar-refractivity contribution in [3.05, 3.63) is 60.8 Å². The molecule has 400 valence electrons. The highest BCUT2D eigenvalue weighted by atomic mass is 16.6. The highest BCUT2D eigenvalue weighted by Gasteiger charge is 2.19. The van der Waals surface area contributed by atoms with Gasteiger partial charge in [0, 0.05) is 19.3 Å². The van der Waals surface area contributed by atoms with Crippen LogP contribution in [0.1, 0.15) is 303 Å². The first kappa shape index (κ1) is 66.1. The number of carbonyl (C=O) groups excluding carboxylic acids is 3. The Hall–Kier alpha value is -2.89. The standard InChI is InChI=1S/C63H112O6/c1-4-7-10-13-16-19-22-25-27-29-31-33-35-38-41-44-47-50-53-56-62(65)68-59-60(58-67-61(64)55-52-49-46-43-40-37-24-21-18-15-12-9-6-3)69-63(66)57-54-51-48-45-42-39-36-34-32-30-28-26-23-20-17-14-11-8-5-2/h7,10,16-17,19-20,23,25-27,60H,4-6,8-9,11-15,18,21-22,24,28-59H2,1-3H3/b10-7-,19-16-,20-17-,26-23-,27-25-. The Morgan fingerprint density at radius 1 is 0.319 bits per heavy atom. The average Bonchev–Trinajstić information content (AvgIpc) is 3.35. The van der Waals surface area contributed by atoms with Crippen molar-refractivity contribution in [2.24, 2.45) is 0 Å². The minimum Gasteiger partial charge on any atom is -0.462 e. The molecule has 69 heavy (non-hydrogen) atoms. The molecule has 0 aromatic rings. The third kappa shape index (κ3) is 55.9. The van der Waals surface area contributed by atoms with Gasteiger partial charge in [0.2, 0.25) is 0 Å². The molecule has 1 atom stereocenters. The van der Waals surface area contributed by atoms with Gasteiger partial charge < -0.3 is 14.2 Å². The minimum absolute atomic E-state index is 0.0741. The molecule has 0 heterocycles. The van der Waals surface area contributed by atoms with Crippen molar-refractivity contribution < 1.29 is 28.6 Å². The summed E-state index contributed by atoms with van der Waals surface area (Å²) in [6, 6.07) is 0. The highest BCUT2D eigenvalue weighted by Crippen LogP contribution is 2.16. The normalized spacial score (nSPS) is 12.4. The summed E-state index contributed by atoms with van der Waals surface area (Å²) in [7, 11) is 0. The number of ether oxygens (including phenoxy) is 3. The molecule has 0 aromatic heterocycles. The number of hydrogen-bond acceptors (Lipinski definition) is 6. The minimum atomic E-state index is -0.777. The van der Waals surface area contributed by atoms with Gasteiger partial charge in [0.05, 0.1) is 0 Å². The van der Waals surface area contributed by atoms with Crippen LogP contribution in [-0.4, -0.2) is 37.2 Å². The van der Waals surface area contributed by atoms with Crippen molar-refractivity contribution in [3.8, 4) is 0 Å². The zero-order valence-electron chi connectivity index (χ0n) is 45.8. The summed E-state index contributed by atoms with van der Waals surface area (Å²) in [5.41, 5.74) is 0. The molecule has 1 unspecified atom stereocenters. The Bertz CT molecular complexity index is 1250. The van der Waals surface area contributed by atoms with Gasteiger partial charge in [0.15, 0.2) is 6.10 Å². The van der Waals surface area contributed by atoms with Gasteiger partial charge in [-0.1, -0.05) is 268 Å². The van der Waals surface area contributed by atoms with Crippen molar-refractivity contribution in [2.75, 3.05) is 13.2 Å². The molecule has 0 saturated heterocycles. The predicted octanol–water partition coefficient (Wildman–Crippen LogP) is 20.0. The zero-order chi connectivity index (χ0) is 50.0. The molecular formula is C63H112O6. The monoisotopic (exact) mass is 965 g/mol. The van der Waals surface area contributed by atoms with E-state index < -0.39 is 6.10 Å². The molecule has 0 fully saturated rings. The van der Waals surface area contributed by atoms with Crippen LogP contribution >= 0.6 is 0 Å². The molecule has 0 rings (SSSR count). The number of esters is 3. The Balaban J connectivity index is 4.34. The van der Waals surface area contributed by atoms with Crippen molar-refractivity contribution in [2.45, 2.75) is 309 Å². The van der Waals surface area contributed by atoms with E-state index in [-0.39, 0.29) is 31.1 Å². The quantitative estimate of drug-likeness (QED) is 0.0199.